The van der Waals surface area contributed by atoms with Crippen molar-refractivity contribution in [1.29, 1.82) is 0 Å². The van der Waals surface area contributed by atoms with Gasteiger partial charge in [0.1, 0.15) is 17.2 Å². The minimum Gasteiger partial charge on any atom is -0.497 e. The molecule has 0 saturated heterocycles. The first-order valence-corrected chi connectivity index (χ1v) is 11.1. The van der Waals surface area contributed by atoms with Gasteiger partial charge in [-0.25, -0.2) is 4.79 Å². The summed E-state index contributed by atoms with van der Waals surface area (Å²) in [5.74, 6) is 0.867. The Morgan fingerprint density at radius 1 is 0.912 bits per heavy atom. The average Bonchev–Trinajstić information content (AvgIpc) is 2.86. The molecule has 34 heavy (non-hydrogen) atoms. The fourth-order valence-corrected chi connectivity index (χ4v) is 4.90. The maximum atomic E-state index is 13.6. The van der Waals surface area contributed by atoms with Crippen molar-refractivity contribution in [3.8, 4) is 17.2 Å². The van der Waals surface area contributed by atoms with Crippen LogP contribution in [0.1, 0.15) is 42.7 Å². The van der Waals surface area contributed by atoms with Crippen LogP contribution in [0.4, 0.5) is 0 Å². The van der Waals surface area contributed by atoms with Crippen LogP contribution < -0.4 is 19.5 Å². The van der Waals surface area contributed by atoms with Gasteiger partial charge >= 0.3 is 5.97 Å². The van der Waals surface area contributed by atoms with Crippen LogP contribution in [0.15, 0.2) is 65.0 Å². The van der Waals surface area contributed by atoms with Crippen molar-refractivity contribution < 1.29 is 28.5 Å². The maximum absolute atomic E-state index is 13.6. The van der Waals surface area contributed by atoms with Gasteiger partial charge in [0.25, 0.3) is 0 Å². The molecule has 1 heterocycles. The molecule has 0 radical (unpaired) electrons. The average molecular weight is 464 g/mol. The Morgan fingerprint density at radius 2 is 1.59 bits per heavy atom. The number of Topliss-reactive ketones (excluding diaryl/α,β-unsaturated/α-hetero) is 1. The lowest BCUT2D eigenvalue weighted by Gasteiger charge is -2.37. The number of allylic oxidation sites excluding steroid dienone is 3. The van der Waals surface area contributed by atoms with Crippen LogP contribution in [0.3, 0.4) is 0 Å². The SMILES string of the molecule is COC(=O)C1=C(C)NC2=C(C(=O)CC(c3ccc(OC)cc3)C2)C1c1ccc(OC)cc1OC. The molecule has 7 nitrogen and oxygen atoms in total. The molecule has 0 fully saturated rings. The molecule has 0 aromatic heterocycles. The molecule has 7 heteroatoms. The van der Waals surface area contributed by atoms with Crippen LogP contribution in [0, 0.1) is 0 Å². The van der Waals surface area contributed by atoms with E-state index in [4.69, 9.17) is 18.9 Å². The number of esters is 1. The summed E-state index contributed by atoms with van der Waals surface area (Å²) >= 11 is 0. The molecule has 0 spiro atoms. The van der Waals surface area contributed by atoms with Crippen molar-refractivity contribution in [2.24, 2.45) is 0 Å². The molecule has 2 aromatic carbocycles. The molecule has 178 valence electrons. The lowest BCUT2D eigenvalue weighted by Crippen LogP contribution is -2.36. The van der Waals surface area contributed by atoms with Crippen molar-refractivity contribution >= 4 is 11.8 Å². The van der Waals surface area contributed by atoms with Gasteiger partial charge in [-0.05, 0) is 43.0 Å². The molecule has 2 aliphatic rings. The second kappa shape index (κ2) is 9.63. The van der Waals surface area contributed by atoms with Gasteiger partial charge in [-0.3, -0.25) is 4.79 Å². The van der Waals surface area contributed by atoms with Crippen LogP contribution in [0.5, 0.6) is 17.2 Å². The van der Waals surface area contributed by atoms with Gasteiger partial charge in [0.05, 0.1) is 39.9 Å². The Bertz CT molecular complexity index is 1180. The van der Waals surface area contributed by atoms with Gasteiger partial charge < -0.3 is 24.3 Å². The van der Waals surface area contributed by atoms with Gasteiger partial charge in [0.2, 0.25) is 0 Å². The number of carbonyl (C=O) groups is 2. The quantitative estimate of drug-likeness (QED) is 0.642. The van der Waals surface area contributed by atoms with E-state index in [1.807, 2.05) is 37.3 Å². The summed E-state index contributed by atoms with van der Waals surface area (Å²) in [4.78, 5) is 26.5. The molecule has 4 rings (SSSR count). The summed E-state index contributed by atoms with van der Waals surface area (Å²) in [7, 11) is 6.11. The fourth-order valence-electron chi connectivity index (χ4n) is 4.90. The number of ether oxygens (including phenoxy) is 4. The van der Waals surface area contributed by atoms with Crippen molar-refractivity contribution in [3.63, 3.8) is 0 Å². The predicted molar refractivity (Wildman–Crippen MR) is 127 cm³/mol. The van der Waals surface area contributed by atoms with Gasteiger partial charge in [0, 0.05) is 35.0 Å². The van der Waals surface area contributed by atoms with Crippen LogP contribution in [-0.4, -0.2) is 40.2 Å². The van der Waals surface area contributed by atoms with Gasteiger partial charge in [-0.15, -0.1) is 0 Å². The number of benzene rings is 2. The summed E-state index contributed by atoms with van der Waals surface area (Å²) in [6.07, 6.45) is 0.990. The zero-order chi connectivity index (χ0) is 24.4. The number of hydrogen-bond donors (Lipinski definition) is 1. The molecule has 0 saturated carbocycles. The van der Waals surface area contributed by atoms with E-state index in [0.717, 1.165) is 17.0 Å². The highest BCUT2D eigenvalue weighted by atomic mass is 16.5. The third-order valence-corrected chi connectivity index (χ3v) is 6.57. The van der Waals surface area contributed by atoms with Crippen LogP contribution >= 0.6 is 0 Å². The van der Waals surface area contributed by atoms with E-state index >= 15 is 0 Å². The molecule has 2 atom stereocenters. The Labute approximate surface area is 199 Å². The fraction of sp³-hybridized carbons (Fsp3) is 0.333. The normalized spacial score (nSPS) is 19.9. The molecule has 2 unspecified atom stereocenters. The zero-order valence-electron chi connectivity index (χ0n) is 20.1. The molecule has 1 aliphatic heterocycles. The topological polar surface area (TPSA) is 83.1 Å². The van der Waals surface area contributed by atoms with Gasteiger partial charge in [0.15, 0.2) is 5.78 Å². The first-order valence-electron chi connectivity index (χ1n) is 11.1. The van der Waals surface area contributed by atoms with Crippen LogP contribution in [0.25, 0.3) is 0 Å². The highest BCUT2D eigenvalue weighted by molar-refractivity contribution is 6.04. The molecule has 1 aliphatic carbocycles. The van der Waals surface area contributed by atoms with E-state index < -0.39 is 11.9 Å². The number of ketones is 1. The van der Waals surface area contributed by atoms with Gasteiger partial charge in [-0.2, -0.15) is 0 Å². The van der Waals surface area contributed by atoms with E-state index in [2.05, 4.69) is 5.32 Å². The summed E-state index contributed by atoms with van der Waals surface area (Å²) in [6.45, 7) is 1.83. The lowest BCUT2D eigenvalue weighted by atomic mass is 9.71. The van der Waals surface area contributed by atoms with E-state index in [-0.39, 0.29) is 11.7 Å². The highest BCUT2D eigenvalue weighted by Crippen LogP contribution is 2.48. The maximum Gasteiger partial charge on any atom is 0.336 e. The van der Waals surface area contributed by atoms with Crippen LogP contribution in [0.2, 0.25) is 0 Å². The largest absolute Gasteiger partial charge is 0.497 e. The summed E-state index contributed by atoms with van der Waals surface area (Å²) in [5.41, 5.74) is 4.26. The number of nitrogens with one attached hydrogen (secondary N) is 1. The third kappa shape index (κ3) is 4.14. The Balaban J connectivity index is 1.82. The molecular weight excluding hydrogens is 434 g/mol. The molecule has 1 N–H and O–H groups in total. The third-order valence-electron chi connectivity index (χ3n) is 6.57. The van der Waals surface area contributed by atoms with Crippen molar-refractivity contribution in [3.05, 3.63) is 76.1 Å². The Hall–Kier alpha value is -3.74. The standard InChI is InChI=1S/C27H29NO6/c1-15-24(27(30)34-5)25(20-11-10-19(32-3)14-23(20)33-4)26-21(28-15)12-17(13-22(26)29)16-6-8-18(31-2)9-7-16/h6-11,14,17,25,28H,12-13H2,1-5H3. The number of dihydropyridines is 1. The molecular formula is C27H29NO6. The first kappa shape index (κ1) is 23.4. The molecule has 0 bridgehead atoms. The van der Waals surface area contributed by atoms with E-state index in [1.165, 1.54) is 7.11 Å². The van der Waals surface area contributed by atoms with Crippen molar-refractivity contribution in [2.75, 3.05) is 28.4 Å². The lowest BCUT2D eigenvalue weighted by molar-refractivity contribution is -0.136. The number of methoxy groups -OCH3 is 4. The Morgan fingerprint density at radius 3 is 2.21 bits per heavy atom. The number of carbonyl (C=O) groups excluding carboxylic acids is 2. The molecule has 2 aromatic rings. The minimum atomic E-state index is -0.603. The second-order valence-corrected chi connectivity index (χ2v) is 8.39. The van der Waals surface area contributed by atoms with E-state index in [0.29, 0.717) is 46.7 Å². The van der Waals surface area contributed by atoms with Gasteiger partial charge in [-0.1, -0.05) is 18.2 Å². The summed E-state index contributed by atoms with van der Waals surface area (Å²) in [5, 5.41) is 3.34. The predicted octanol–water partition coefficient (Wildman–Crippen LogP) is 4.25. The van der Waals surface area contributed by atoms with Crippen molar-refractivity contribution in [2.45, 2.75) is 31.6 Å². The smallest absolute Gasteiger partial charge is 0.336 e. The minimum absolute atomic E-state index is 0.00802. The summed E-state index contributed by atoms with van der Waals surface area (Å²) in [6, 6.07) is 13.2. The molecule has 0 amide bonds. The number of rotatable bonds is 6. The van der Waals surface area contributed by atoms with E-state index in [9.17, 15) is 9.59 Å². The number of hydrogen-bond acceptors (Lipinski definition) is 7. The van der Waals surface area contributed by atoms with Crippen LogP contribution in [-0.2, 0) is 14.3 Å². The summed E-state index contributed by atoms with van der Waals surface area (Å²) < 4.78 is 21.4. The zero-order valence-corrected chi connectivity index (χ0v) is 20.1. The second-order valence-electron chi connectivity index (χ2n) is 8.39. The monoisotopic (exact) mass is 463 g/mol. The first-order chi connectivity index (χ1) is 16.4. The highest BCUT2D eigenvalue weighted by Gasteiger charge is 2.42. The van der Waals surface area contributed by atoms with Crippen molar-refractivity contribution in [1.82, 2.24) is 5.32 Å². The Kier molecular flexibility index (Phi) is 6.63. The van der Waals surface area contributed by atoms with E-state index in [1.54, 1.807) is 33.5 Å².